The zero-order valence-electron chi connectivity index (χ0n) is 5.54. The fourth-order valence-corrected chi connectivity index (χ4v) is 0.735. The molecule has 4 nitrogen and oxygen atoms in total. The molecule has 1 N–H and O–H groups in total. The number of aliphatic hydroxyl groups excluding tert-OH is 1. The first-order valence-corrected chi connectivity index (χ1v) is 3.02. The minimum absolute atomic E-state index is 0.0987. The Morgan fingerprint density at radius 1 is 1.73 bits per heavy atom. The molecule has 0 bridgehead atoms. The number of rotatable bonds is 1. The van der Waals surface area contributed by atoms with E-state index in [0.29, 0.717) is 5.06 Å². The highest BCUT2D eigenvalue weighted by molar-refractivity contribution is 5.78. The monoisotopic (exact) mass is 167 g/mol. The molecule has 0 spiro atoms. The first kappa shape index (κ1) is 8.35. The van der Waals surface area contributed by atoms with Crippen molar-refractivity contribution in [1.29, 1.82) is 0 Å². The standard InChI is InChI=1S/C5H7F2NO3/c6-4(7)5(10)8-1-3(9)2-11-8/h3-4,9H,1-2H2/t3-/m1/s1. The third-order valence-electron chi connectivity index (χ3n) is 1.23. The number of carbonyl (C=O) groups excluding carboxylic acids is 1. The van der Waals surface area contributed by atoms with Gasteiger partial charge in [-0.15, -0.1) is 0 Å². The van der Waals surface area contributed by atoms with Crippen molar-refractivity contribution in [1.82, 2.24) is 5.06 Å². The van der Waals surface area contributed by atoms with E-state index in [-0.39, 0.29) is 13.2 Å². The summed E-state index contributed by atoms with van der Waals surface area (Å²) >= 11 is 0. The number of hydrogen-bond donors (Lipinski definition) is 1. The highest BCUT2D eigenvalue weighted by atomic mass is 19.3. The van der Waals surface area contributed by atoms with E-state index in [9.17, 15) is 13.6 Å². The predicted molar refractivity (Wildman–Crippen MR) is 29.7 cm³/mol. The molecule has 1 aliphatic rings. The van der Waals surface area contributed by atoms with Gasteiger partial charge in [0.25, 0.3) is 0 Å². The van der Waals surface area contributed by atoms with E-state index in [1.165, 1.54) is 0 Å². The normalized spacial score (nSPS) is 24.7. The van der Waals surface area contributed by atoms with E-state index in [4.69, 9.17) is 5.11 Å². The van der Waals surface area contributed by atoms with Crippen LogP contribution in [0.15, 0.2) is 0 Å². The maximum absolute atomic E-state index is 11.7. The molecule has 0 aromatic carbocycles. The lowest BCUT2D eigenvalue weighted by Gasteiger charge is -2.11. The molecule has 1 heterocycles. The summed E-state index contributed by atoms with van der Waals surface area (Å²) in [6.07, 6.45) is -3.92. The summed E-state index contributed by atoms with van der Waals surface area (Å²) < 4.78 is 23.3. The lowest BCUT2D eigenvalue weighted by Crippen LogP contribution is -2.33. The first-order chi connectivity index (χ1) is 5.11. The van der Waals surface area contributed by atoms with Gasteiger partial charge in [-0.05, 0) is 0 Å². The quantitative estimate of drug-likeness (QED) is 0.566. The van der Waals surface area contributed by atoms with Crippen molar-refractivity contribution in [3.63, 3.8) is 0 Å². The molecular formula is C5H7F2NO3. The van der Waals surface area contributed by atoms with Gasteiger partial charge in [0, 0.05) is 0 Å². The van der Waals surface area contributed by atoms with Gasteiger partial charge in [-0.3, -0.25) is 9.63 Å². The van der Waals surface area contributed by atoms with E-state index in [2.05, 4.69) is 4.84 Å². The summed E-state index contributed by atoms with van der Waals surface area (Å²) in [4.78, 5) is 14.9. The van der Waals surface area contributed by atoms with E-state index in [1.807, 2.05) is 0 Å². The second-order valence-electron chi connectivity index (χ2n) is 2.15. The van der Waals surface area contributed by atoms with Crippen molar-refractivity contribution in [2.45, 2.75) is 12.5 Å². The molecule has 6 heteroatoms. The number of halogens is 2. The van der Waals surface area contributed by atoms with Crippen molar-refractivity contribution >= 4 is 5.91 Å². The van der Waals surface area contributed by atoms with Gasteiger partial charge in [0.1, 0.15) is 12.7 Å². The number of aliphatic hydroxyl groups is 1. The largest absolute Gasteiger partial charge is 0.389 e. The van der Waals surface area contributed by atoms with Gasteiger partial charge >= 0.3 is 12.3 Å². The van der Waals surface area contributed by atoms with Crippen LogP contribution in [0, 0.1) is 0 Å². The zero-order valence-corrected chi connectivity index (χ0v) is 5.54. The molecule has 1 fully saturated rings. The molecule has 0 saturated carbocycles. The number of carbonyl (C=O) groups is 1. The van der Waals surface area contributed by atoms with Crippen LogP contribution in [0.25, 0.3) is 0 Å². The number of β-amino-alcohol motifs (C(OH)–C–C–N with tert-alkyl or cyclic N) is 1. The Morgan fingerprint density at radius 2 is 2.36 bits per heavy atom. The molecule has 11 heavy (non-hydrogen) atoms. The van der Waals surface area contributed by atoms with Crippen molar-refractivity contribution in [2.24, 2.45) is 0 Å². The summed E-state index contributed by atoms with van der Waals surface area (Å²) in [5, 5.41) is 9.25. The topological polar surface area (TPSA) is 49.8 Å². The fourth-order valence-electron chi connectivity index (χ4n) is 0.735. The van der Waals surface area contributed by atoms with Gasteiger partial charge in [-0.2, -0.15) is 8.78 Å². The van der Waals surface area contributed by atoms with E-state index >= 15 is 0 Å². The van der Waals surface area contributed by atoms with Crippen LogP contribution in [0.3, 0.4) is 0 Å². The summed E-state index contributed by atoms with van der Waals surface area (Å²) in [5.74, 6) is -1.40. The van der Waals surface area contributed by atoms with Crippen LogP contribution in [-0.4, -0.2) is 41.8 Å². The van der Waals surface area contributed by atoms with Gasteiger partial charge in [-0.25, -0.2) is 5.06 Å². The molecule has 1 aliphatic heterocycles. The SMILES string of the molecule is O=C(C(F)F)N1C[C@@H](O)CO1. The third kappa shape index (κ3) is 1.84. The summed E-state index contributed by atoms with van der Waals surface area (Å²) in [6, 6.07) is 0. The van der Waals surface area contributed by atoms with Crippen LogP contribution in [0.2, 0.25) is 0 Å². The van der Waals surface area contributed by atoms with E-state index in [1.54, 1.807) is 0 Å². The number of amides is 1. The molecule has 0 aromatic rings. The van der Waals surface area contributed by atoms with Crippen LogP contribution in [-0.2, 0) is 9.63 Å². The molecule has 0 aromatic heterocycles. The van der Waals surface area contributed by atoms with Gasteiger partial charge in [0.05, 0.1) is 6.54 Å². The molecule has 0 aliphatic carbocycles. The van der Waals surface area contributed by atoms with Gasteiger partial charge < -0.3 is 5.11 Å². The lowest BCUT2D eigenvalue weighted by atomic mass is 10.4. The van der Waals surface area contributed by atoms with E-state index in [0.717, 1.165) is 0 Å². The van der Waals surface area contributed by atoms with Crippen LogP contribution < -0.4 is 0 Å². The van der Waals surface area contributed by atoms with Gasteiger partial charge in [-0.1, -0.05) is 0 Å². The average molecular weight is 167 g/mol. The number of hydroxylamine groups is 2. The Kier molecular flexibility index (Phi) is 2.35. The predicted octanol–water partition coefficient (Wildman–Crippen LogP) is -0.614. The highest BCUT2D eigenvalue weighted by Crippen LogP contribution is 2.09. The highest BCUT2D eigenvalue weighted by Gasteiger charge is 2.31. The maximum Gasteiger partial charge on any atom is 0.317 e. The van der Waals surface area contributed by atoms with Crippen molar-refractivity contribution < 1.29 is 23.5 Å². The Morgan fingerprint density at radius 3 is 2.73 bits per heavy atom. The third-order valence-corrected chi connectivity index (χ3v) is 1.23. The Bertz CT molecular complexity index is 164. The molecule has 1 saturated heterocycles. The Labute approximate surface area is 61.3 Å². The van der Waals surface area contributed by atoms with Crippen LogP contribution in [0.5, 0.6) is 0 Å². The molecular weight excluding hydrogens is 160 g/mol. The first-order valence-electron chi connectivity index (χ1n) is 3.02. The fraction of sp³-hybridized carbons (Fsp3) is 0.800. The number of nitrogens with zero attached hydrogens (tertiary/aromatic N) is 1. The Balaban J connectivity index is 2.43. The number of hydrogen-bond acceptors (Lipinski definition) is 3. The summed E-state index contributed by atoms with van der Waals surface area (Å²) in [6.45, 7) is -0.276. The lowest BCUT2D eigenvalue weighted by molar-refractivity contribution is -0.180. The maximum atomic E-state index is 11.7. The molecule has 1 amide bonds. The van der Waals surface area contributed by atoms with E-state index < -0.39 is 18.4 Å². The van der Waals surface area contributed by atoms with Gasteiger partial charge in [0.2, 0.25) is 0 Å². The smallest absolute Gasteiger partial charge is 0.317 e. The average Bonchev–Trinajstić information content (AvgIpc) is 2.34. The van der Waals surface area contributed by atoms with Crippen molar-refractivity contribution in [3.8, 4) is 0 Å². The molecule has 0 radical (unpaired) electrons. The van der Waals surface area contributed by atoms with Crippen LogP contribution >= 0.6 is 0 Å². The summed E-state index contributed by atoms with van der Waals surface area (Å²) in [5.41, 5.74) is 0. The molecule has 1 rings (SSSR count). The minimum atomic E-state index is -3.07. The van der Waals surface area contributed by atoms with Crippen molar-refractivity contribution in [3.05, 3.63) is 0 Å². The minimum Gasteiger partial charge on any atom is -0.389 e. The van der Waals surface area contributed by atoms with Crippen LogP contribution in [0.1, 0.15) is 0 Å². The molecule has 1 atom stereocenters. The van der Waals surface area contributed by atoms with Gasteiger partial charge in [0.15, 0.2) is 0 Å². The second-order valence-corrected chi connectivity index (χ2v) is 2.15. The number of alkyl halides is 2. The molecule has 0 unspecified atom stereocenters. The zero-order chi connectivity index (χ0) is 8.43. The van der Waals surface area contributed by atoms with Crippen molar-refractivity contribution in [2.75, 3.05) is 13.2 Å². The summed E-state index contributed by atoms with van der Waals surface area (Å²) in [7, 11) is 0. The Hall–Kier alpha value is -0.750. The second kappa shape index (κ2) is 3.10. The molecule has 64 valence electrons. The van der Waals surface area contributed by atoms with Crippen LogP contribution in [0.4, 0.5) is 8.78 Å².